The van der Waals surface area contributed by atoms with E-state index in [0.717, 1.165) is 32.0 Å². The van der Waals surface area contributed by atoms with Gasteiger partial charge in [0.15, 0.2) is 0 Å². The van der Waals surface area contributed by atoms with Crippen molar-refractivity contribution in [1.82, 2.24) is 15.3 Å². The molecule has 92 valence electrons. The lowest BCUT2D eigenvalue weighted by molar-refractivity contribution is 0.369. The molecule has 0 bridgehead atoms. The molecule has 1 spiro atoms. The molecule has 1 aromatic rings. The third-order valence-electron chi connectivity index (χ3n) is 4.15. The van der Waals surface area contributed by atoms with Gasteiger partial charge in [0.2, 0.25) is 5.95 Å². The molecule has 2 aliphatic rings. The summed E-state index contributed by atoms with van der Waals surface area (Å²) >= 11 is 0. The zero-order valence-electron chi connectivity index (χ0n) is 10.4. The molecule has 0 aromatic carbocycles. The van der Waals surface area contributed by atoms with E-state index in [0.29, 0.717) is 5.41 Å². The average molecular weight is 232 g/mol. The highest BCUT2D eigenvalue weighted by Gasteiger charge is 2.40. The lowest BCUT2D eigenvalue weighted by Gasteiger charge is -2.22. The predicted octanol–water partition coefficient (Wildman–Crippen LogP) is 1.23. The molecule has 1 aromatic heterocycles. The molecule has 1 N–H and O–H groups in total. The highest BCUT2D eigenvalue weighted by Crippen LogP contribution is 2.37. The molecule has 1 unspecified atom stereocenters. The Morgan fingerprint density at radius 3 is 2.82 bits per heavy atom. The Morgan fingerprint density at radius 1 is 1.35 bits per heavy atom. The van der Waals surface area contributed by atoms with Crippen LogP contribution >= 0.6 is 0 Å². The molecule has 0 amide bonds. The van der Waals surface area contributed by atoms with Crippen molar-refractivity contribution >= 4 is 5.95 Å². The fraction of sp³-hybridized carbons (Fsp3) is 0.692. The summed E-state index contributed by atoms with van der Waals surface area (Å²) in [5, 5.41) is 3.48. The van der Waals surface area contributed by atoms with Crippen LogP contribution in [0.2, 0.25) is 0 Å². The summed E-state index contributed by atoms with van der Waals surface area (Å²) < 4.78 is 0. The number of nitrogens with zero attached hydrogens (tertiary/aromatic N) is 3. The number of nitrogens with one attached hydrogen (secondary N) is 1. The van der Waals surface area contributed by atoms with Gasteiger partial charge in [-0.2, -0.15) is 0 Å². The molecule has 17 heavy (non-hydrogen) atoms. The van der Waals surface area contributed by atoms with Crippen molar-refractivity contribution in [2.45, 2.75) is 26.2 Å². The summed E-state index contributed by atoms with van der Waals surface area (Å²) in [5.74, 6) is 0.908. The van der Waals surface area contributed by atoms with Crippen LogP contribution in [0.3, 0.4) is 0 Å². The molecule has 3 rings (SSSR count). The standard InChI is InChI=1S/C13H20N4/c1-2-11-7-15-12(16-8-11)17-6-4-13(10-17)3-5-14-9-13/h7-8,14H,2-6,9-10H2,1H3. The summed E-state index contributed by atoms with van der Waals surface area (Å²) in [6.45, 7) is 6.69. The van der Waals surface area contributed by atoms with Crippen molar-refractivity contribution in [3.8, 4) is 0 Å². The Balaban J connectivity index is 1.72. The van der Waals surface area contributed by atoms with E-state index >= 15 is 0 Å². The second-order valence-corrected chi connectivity index (χ2v) is 5.34. The van der Waals surface area contributed by atoms with E-state index in [1.54, 1.807) is 0 Å². The molecule has 4 nitrogen and oxygen atoms in total. The van der Waals surface area contributed by atoms with E-state index in [1.165, 1.54) is 24.9 Å². The van der Waals surface area contributed by atoms with Gasteiger partial charge >= 0.3 is 0 Å². The number of aryl methyl sites for hydroxylation is 1. The highest BCUT2D eigenvalue weighted by molar-refractivity contribution is 5.33. The van der Waals surface area contributed by atoms with Crippen LogP contribution in [-0.2, 0) is 6.42 Å². The van der Waals surface area contributed by atoms with Crippen LogP contribution in [0.1, 0.15) is 25.3 Å². The van der Waals surface area contributed by atoms with Gasteiger partial charge in [-0.1, -0.05) is 6.92 Å². The topological polar surface area (TPSA) is 41.1 Å². The van der Waals surface area contributed by atoms with Crippen LogP contribution in [0.5, 0.6) is 0 Å². The van der Waals surface area contributed by atoms with Gasteiger partial charge in [0.25, 0.3) is 0 Å². The van der Waals surface area contributed by atoms with E-state index in [2.05, 4.69) is 27.1 Å². The average Bonchev–Trinajstić information content (AvgIpc) is 3.01. The Hall–Kier alpha value is -1.16. The molecule has 2 aliphatic heterocycles. The normalized spacial score (nSPS) is 28.2. The van der Waals surface area contributed by atoms with E-state index < -0.39 is 0 Å². The molecule has 2 fully saturated rings. The molecule has 0 aliphatic carbocycles. The predicted molar refractivity (Wildman–Crippen MR) is 68.2 cm³/mol. The van der Waals surface area contributed by atoms with Gasteiger partial charge in [-0.25, -0.2) is 9.97 Å². The highest BCUT2D eigenvalue weighted by atomic mass is 15.3. The molecule has 2 saturated heterocycles. The maximum absolute atomic E-state index is 4.48. The molecule has 1 atom stereocenters. The Morgan fingerprint density at radius 2 is 2.18 bits per heavy atom. The van der Waals surface area contributed by atoms with Crippen molar-refractivity contribution in [2.75, 3.05) is 31.1 Å². The van der Waals surface area contributed by atoms with Gasteiger partial charge in [-0.15, -0.1) is 0 Å². The minimum absolute atomic E-state index is 0.493. The van der Waals surface area contributed by atoms with Crippen molar-refractivity contribution < 1.29 is 0 Å². The Kier molecular flexibility index (Phi) is 2.74. The lowest BCUT2D eigenvalue weighted by Crippen LogP contribution is -2.29. The maximum Gasteiger partial charge on any atom is 0.225 e. The Bertz CT molecular complexity index is 381. The minimum atomic E-state index is 0.493. The van der Waals surface area contributed by atoms with E-state index in [9.17, 15) is 0 Å². The first kappa shape index (κ1) is 11.0. The van der Waals surface area contributed by atoms with Crippen molar-refractivity contribution in [2.24, 2.45) is 5.41 Å². The van der Waals surface area contributed by atoms with E-state index in [1.807, 2.05) is 12.4 Å². The third-order valence-corrected chi connectivity index (χ3v) is 4.15. The van der Waals surface area contributed by atoms with Crippen molar-refractivity contribution in [1.29, 1.82) is 0 Å². The van der Waals surface area contributed by atoms with Gasteiger partial charge in [0.1, 0.15) is 0 Å². The first-order chi connectivity index (χ1) is 8.31. The lowest BCUT2D eigenvalue weighted by atomic mass is 9.87. The summed E-state index contributed by atoms with van der Waals surface area (Å²) in [6.07, 6.45) is 7.50. The number of anilines is 1. The molecular formula is C13H20N4. The van der Waals surface area contributed by atoms with Gasteiger partial charge in [0.05, 0.1) is 0 Å². The third kappa shape index (κ3) is 2.02. The molecule has 4 heteroatoms. The number of hydrogen-bond donors (Lipinski definition) is 1. The minimum Gasteiger partial charge on any atom is -0.340 e. The molecule has 0 saturated carbocycles. The van der Waals surface area contributed by atoms with Crippen LogP contribution in [-0.4, -0.2) is 36.1 Å². The maximum atomic E-state index is 4.48. The fourth-order valence-corrected chi connectivity index (χ4v) is 2.94. The zero-order chi connectivity index (χ0) is 11.7. The van der Waals surface area contributed by atoms with Crippen LogP contribution in [0, 0.1) is 5.41 Å². The number of aromatic nitrogens is 2. The smallest absolute Gasteiger partial charge is 0.225 e. The van der Waals surface area contributed by atoms with E-state index in [4.69, 9.17) is 0 Å². The quantitative estimate of drug-likeness (QED) is 0.832. The zero-order valence-corrected chi connectivity index (χ0v) is 10.4. The summed E-state index contributed by atoms with van der Waals surface area (Å²) in [6, 6.07) is 0. The largest absolute Gasteiger partial charge is 0.340 e. The SMILES string of the molecule is CCc1cnc(N2CCC3(CCNC3)C2)nc1. The van der Waals surface area contributed by atoms with Crippen LogP contribution in [0.15, 0.2) is 12.4 Å². The first-order valence-electron chi connectivity index (χ1n) is 6.58. The molecule has 3 heterocycles. The van der Waals surface area contributed by atoms with Gasteiger partial charge < -0.3 is 10.2 Å². The molecule has 0 radical (unpaired) electrons. The second-order valence-electron chi connectivity index (χ2n) is 5.34. The summed E-state index contributed by atoms with van der Waals surface area (Å²) in [4.78, 5) is 11.3. The monoisotopic (exact) mass is 232 g/mol. The second kappa shape index (κ2) is 4.26. The molecular weight excluding hydrogens is 212 g/mol. The van der Waals surface area contributed by atoms with Gasteiger partial charge in [-0.3, -0.25) is 0 Å². The van der Waals surface area contributed by atoms with Crippen molar-refractivity contribution in [3.63, 3.8) is 0 Å². The Labute approximate surface area is 102 Å². The van der Waals surface area contributed by atoms with Crippen LogP contribution in [0.4, 0.5) is 5.95 Å². The van der Waals surface area contributed by atoms with Gasteiger partial charge in [0, 0.05) is 37.4 Å². The van der Waals surface area contributed by atoms with Crippen LogP contribution < -0.4 is 10.2 Å². The fourth-order valence-electron chi connectivity index (χ4n) is 2.94. The first-order valence-corrected chi connectivity index (χ1v) is 6.58. The van der Waals surface area contributed by atoms with Crippen molar-refractivity contribution in [3.05, 3.63) is 18.0 Å². The van der Waals surface area contributed by atoms with E-state index in [-0.39, 0.29) is 0 Å². The summed E-state index contributed by atoms with van der Waals surface area (Å²) in [7, 11) is 0. The van der Waals surface area contributed by atoms with Crippen LogP contribution in [0.25, 0.3) is 0 Å². The summed E-state index contributed by atoms with van der Waals surface area (Å²) in [5.41, 5.74) is 1.71. The van der Waals surface area contributed by atoms with Gasteiger partial charge in [-0.05, 0) is 31.4 Å². The number of rotatable bonds is 2. The number of hydrogen-bond acceptors (Lipinski definition) is 4.